The molecule has 1 aromatic carbocycles. The van der Waals surface area contributed by atoms with Crippen LogP contribution in [0.4, 0.5) is 5.13 Å². The molecular weight excluding hydrogens is 244 g/mol. The van der Waals surface area contributed by atoms with E-state index >= 15 is 0 Å². The van der Waals surface area contributed by atoms with Crippen molar-refractivity contribution in [3.8, 4) is 10.4 Å². The minimum absolute atomic E-state index is 0.114. The van der Waals surface area contributed by atoms with Gasteiger partial charge < -0.3 is 5.32 Å². The molecule has 18 heavy (non-hydrogen) atoms. The van der Waals surface area contributed by atoms with Gasteiger partial charge in [-0.05, 0) is 25.3 Å². The minimum atomic E-state index is 0.114. The SMILES string of the molecule is Cc1nc(NC(=O)C2CC2)sc1-c1ccccc1. The molecular formula is C14H14N2OS. The Kier molecular flexibility index (Phi) is 2.88. The molecule has 1 amide bonds. The number of aromatic nitrogens is 1. The van der Waals surface area contributed by atoms with Gasteiger partial charge in [-0.15, -0.1) is 0 Å². The van der Waals surface area contributed by atoms with Crippen LogP contribution in [0.3, 0.4) is 0 Å². The Morgan fingerprint density at radius 2 is 2.06 bits per heavy atom. The molecule has 0 aliphatic heterocycles. The van der Waals surface area contributed by atoms with E-state index in [9.17, 15) is 4.79 Å². The minimum Gasteiger partial charge on any atom is -0.302 e. The second-order valence-electron chi connectivity index (χ2n) is 4.56. The lowest BCUT2D eigenvalue weighted by molar-refractivity contribution is -0.117. The lowest BCUT2D eigenvalue weighted by Crippen LogP contribution is -2.12. The Bertz CT molecular complexity index is 573. The van der Waals surface area contributed by atoms with Crippen LogP contribution in [0.25, 0.3) is 10.4 Å². The molecule has 3 nitrogen and oxygen atoms in total. The van der Waals surface area contributed by atoms with Gasteiger partial charge in [0.1, 0.15) is 0 Å². The topological polar surface area (TPSA) is 42.0 Å². The summed E-state index contributed by atoms with van der Waals surface area (Å²) in [6.45, 7) is 1.98. The summed E-state index contributed by atoms with van der Waals surface area (Å²) in [4.78, 5) is 17.2. The van der Waals surface area contributed by atoms with E-state index in [2.05, 4.69) is 22.4 Å². The van der Waals surface area contributed by atoms with E-state index in [-0.39, 0.29) is 11.8 Å². The van der Waals surface area contributed by atoms with Gasteiger partial charge in [0, 0.05) is 5.92 Å². The third-order valence-electron chi connectivity index (χ3n) is 3.01. The Morgan fingerprint density at radius 3 is 2.72 bits per heavy atom. The highest BCUT2D eigenvalue weighted by Crippen LogP contribution is 2.34. The number of thiazole rings is 1. The molecule has 1 aromatic heterocycles. The van der Waals surface area contributed by atoms with Crippen LogP contribution in [0.2, 0.25) is 0 Å². The number of anilines is 1. The molecule has 1 N–H and O–H groups in total. The number of aryl methyl sites for hydroxylation is 1. The van der Waals surface area contributed by atoms with Gasteiger partial charge in [0.15, 0.2) is 5.13 Å². The van der Waals surface area contributed by atoms with E-state index in [1.54, 1.807) is 11.3 Å². The molecule has 0 bridgehead atoms. The van der Waals surface area contributed by atoms with Crippen LogP contribution in [0, 0.1) is 12.8 Å². The predicted octanol–water partition coefficient (Wildman–Crippen LogP) is 3.47. The van der Waals surface area contributed by atoms with Crippen molar-refractivity contribution in [2.45, 2.75) is 19.8 Å². The molecule has 3 rings (SSSR count). The van der Waals surface area contributed by atoms with Crippen LogP contribution in [0.1, 0.15) is 18.5 Å². The van der Waals surface area contributed by atoms with Gasteiger partial charge in [-0.2, -0.15) is 0 Å². The van der Waals surface area contributed by atoms with E-state index in [0.29, 0.717) is 5.13 Å². The van der Waals surface area contributed by atoms with Crippen molar-refractivity contribution in [3.05, 3.63) is 36.0 Å². The fraction of sp³-hybridized carbons (Fsp3) is 0.286. The molecule has 1 fully saturated rings. The third-order valence-corrected chi connectivity index (χ3v) is 4.13. The Balaban J connectivity index is 1.84. The zero-order valence-electron chi connectivity index (χ0n) is 10.1. The summed E-state index contributed by atoms with van der Waals surface area (Å²) in [5.41, 5.74) is 2.12. The van der Waals surface area contributed by atoms with Crippen LogP contribution in [-0.2, 0) is 4.79 Å². The van der Waals surface area contributed by atoms with Crippen LogP contribution in [-0.4, -0.2) is 10.9 Å². The average molecular weight is 258 g/mol. The van der Waals surface area contributed by atoms with E-state index in [4.69, 9.17) is 0 Å². The van der Waals surface area contributed by atoms with Gasteiger partial charge in [-0.3, -0.25) is 4.79 Å². The van der Waals surface area contributed by atoms with Crippen molar-refractivity contribution in [3.63, 3.8) is 0 Å². The molecule has 92 valence electrons. The third kappa shape index (κ3) is 2.29. The number of carbonyl (C=O) groups excluding carboxylic acids is 1. The highest BCUT2D eigenvalue weighted by Gasteiger charge is 2.30. The van der Waals surface area contributed by atoms with Crippen molar-refractivity contribution in [2.75, 3.05) is 5.32 Å². The fourth-order valence-corrected chi connectivity index (χ4v) is 2.84. The Hall–Kier alpha value is -1.68. The molecule has 1 aliphatic rings. The van der Waals surface area contributed by atoms with Crippen molar-refractivity contribution in [2.24, 2.45) is 5.92 Å². The first kappa shape index (κ1) is 11.4. The standard InChI is InChI=1S/C14H14N2OS/c1-9-12(10-5-3-2-4-6-10)18-14(15-9)16-13(17)11-7-8-11/h2-6,11H,7-8H2,1H3,(H,15,16,17). The maximum Gasteiger partial charge on any atom is 0.229 e. The lowest BCUT2D eigenvalue weighted by Gasteiger charge is -1.97. The van der Waals surface area contributed by atoms with Crippen molar-refractivity contribution >= 4 is 22.4 Å². The second-order valence-corrected chi connectivity index (χ2v) is 5.56. The average Bonchev–Trinajstić information content (AvgIpc) is 3.16. The molecule has 0 unspecified atom stereocenters. The largest absolute Gasteiger partial charge is 0.302 e. The van der Waals surface area contributed by atoms with Crippen LogP contribution in [0.5, 0.6) is 0 Å². The highest BCUT2D eigenvalue weighted by molar-refractivity contribution is 7.19. The summed E-state index contributed by atoms with van der Waals surface area (Å²) >= 11 is 1.54. The molecule has 1 saturated carbocycles. The van der Waals surface area contributed by atoms with Crippen molar-refractivity contribution in [1.29, 1.82) is 0 Å². The first-order valence-electron chi connectivity index (χ1n) is 6.08. The summed E-state index contributed by atoms with van der Waals surface area (Å²) in [7, 11) is 0. The fourth-order valence-electron chi connectivity index (χ4n) is 1.86. The van der Waals surface area contributed by atoms with E-state index < -0.39 is 0 Å². The smallest absolute Gasteiger partial charge is 0.229 e. The van der Waals surface area contributed by atoms with Crippen LogP contribution in [0.15, 0.2) is 30.3 Å². The maximum absolute atomic E-state index is 11.7. The highest BCUT2D eigenvalue weighted by atomic mass is 32.1. The van der Waals surface area contributed by atoms with Gasteiger partial charge in [0.25, 0.3) is 0 Å². The molecule has 2 aromatic rings. The summed E-state index contributed by atoms with van der Waals surface area (Å²) in [5, 5.41) is 3.61. The van der Waals surface area contributed by atoms with Gasteiger partial charge >= 0.3 is 0 Å². The van der Waals surface area contributed by atoms with Gasteiger partial charge in [0.05, 0.1) is 10.6 Å². The number of carbonyl (C=O) groups is 1. The monoisotopic (exact) mass is 258 g/mol. The number of amides is 1. The van der Waals surface area contributed by atoms with Gasteiger partial charge in [-0.1, -0.05) is 41.7 Å². The van der Waals surface area contributed by atoms with Crippen molar-refractivity contribution in [1.82, 2.24) is 4.98 Å². The van der Waals surface area contributed by atoms with Crippen molar-refractivity contribution < 1.29 is 4.79 Å². The molecule has 0 saturated heterocycles. The first-order chi connectivity index (χ1) is 8.74. The molecule has 0 spiro atoms. The summed E-state index contributed by atoms with van der Waals surface area (Å²) in [6.07, 6.45) is 2.03. The summed E-state index contributed by atoms with van der Waals surface area (Å²) < 4.78 is 0. The van der Waals surface area contributed by atoms with Crippen LogP contribution >= 0.6 is 11.3 Å². The number of rotatable bonds is 3. The van der Waals surface area contributed by atoms with Gasteiger partial charge in [0.2, 0.25) is 5.91 Å². The maximum atomic E-state index is 11.7. The Morgan fingerprint density at radius 1 is 1.33 bits per heavy atom. The second kappa shape index (κ2) is 4.53. The molecule has 1 aliphatic carbocycles. The zero-order valence-corrected chi connectivity index (χ0v) is 11.0. The van der Waals surface area contributed by atoms with E-state index in [0.717, 1.165) is 29.0 Å². The van der Waals surface area contributed by atoms with E-state index in [1.807, 2.05) is 25.1 Å². The number of nitrogens with one attached hydrogen (secondary N) is 1. The number of hydrogen-bond acceptors (Lipinski definition) is 3. The molecule has 0 atom stereocenters. The predicted molar refractivity (Wildman–Crippen MR) is 73.6 cm³/mol. The van der Waals surface area contributed by atoms with E-state index in [1.165, 1.54) is 0 Å². The van der Waals surface area contributed by atoms with Crippen LogP contribution < -0.4 is 5.32 Å². The Labute approximate surface area is 110 Å². The molecule has 0 radical (unpaired) electrons. The number of hydrogen-bond donors (Lipinski definition) is 1. The summed E-state index contributed by atoms with van der Waals surface area (Å²) in [5.74, 6) is 0.331. The number of benzene rings is 1. The lowest BCUT2D eigenvalue weighted by atomic mass is 10.2. The zero-order chi connectivity index (χ0) is 12.5. The molecule has 1 heterocycles. The summed E-state index contributed by atoms with van der Waals surface area (Å²) in [6, 6.07) is 10.1. The first-order valence-corrected chi connectivity index (χ1v) is 6.89. The van der Waals surface area contributed by atoms with Gasteiger partial charge in [-0.25, -0.2) is 4.98 Å². The quantitative estimate of drug-likeness (QED) is 0.916. The normalized spacial score (nSPS) is 14.5. The molecule has 4 heteroatoms. The number of nitrogens with zero attached hydrogens (tertiary/aromatic N) is 1.